The van der Waals surface area contributed by atoms with Crippen LogP contribution in [0.2, 0.25) is 0 Å². The summed E-state index contributed by atoms with van der Waals surface area (Å²) in [6, 6.07) is 10.8. The second kappa shape index (κ2) is 11.8. The van der Waals surface area contributed by atoms with Crippen molar-refractivity contribution in [1.82, 2.24) is 25.4 Å². The summed E-state index contributed by atoms with van der Waals surface area (Å²) >= 11 is 0. The average molecular weight is 566 g/mol. The van der Waals surface area contributed by atoms with Crippen LogP contribution in [0.4, 0.5) is 5.82 Å². The standard InChI is InChI=1S/C24H35N7O.HI/c1-4-25-24(31-13-11-30(12-14-31)17-23(32)27-19-9-10-19)26-16-18-15-22(29(2)3)28-21-8-6-5-7-20(18)21;/h5-8,15,19H,4,9-14,16-17H2,1-3H3,(H,25,26)(H,27,32);1H. The van der Waals surface area contributed by atoms with Gasteiger partial charge in [-0.1, -0.05) is 18.2 Å². The molecule has 0 atom stereocenters. The molecule has 1 amide bonds. The first-order valence-electron chi connectivity index (χ1n) is 11.6. The van der Waals surface area contributed by atoms with E-state index in [2.05, 4.69) is 51.6 Å². The molecule has 9 heteroatoms. The van der Waals surface area contributed by atoms with Crippen molar-refractivity contribution >= 4 is 52.6 Å². The Labute approximate surface area is 213 Å². The summed E-state index contributed by atoms with van der Waals surface area (Å²) in [4.78, 5) is 28.4. The number of aromatic nitrogens is 1. The minimum absolute atomic E-state index is 0. The fraction of sp³-hybridized carbons (Fsp3) is 0.542. The number of piperazine rings is 1. The molecule has 1 saturated carbocycles. The number of nitrogens with zero attached hydrogens (tertiary/aromatic N) is 5. The Hall–Kier alpha value is -2.14. The number of anilines is 1. The minimum atomic E-state index is 0. The summed E-state index contributed by atoms with van der Waals surface area (Å²) in [6.07, 6.45) is 2.26. The molecule has 2 aliphatic rings. The molecule has 0 spiro atoms. The summed E-state index contributed by atoms with van der Waals surface area (Å²) in [5, 5.41) is 7.67. The van der Waals surface area contributed by atoms with Gasteiger partial charge in [0.15, 0.2) is 5.96 Å². The summed E-state index contributed by atoms with van der Waals surface area (Å²) in [5.74, 6) is 2.03. The van der Waals surface area contributed by atoms with E-state index in [-0.39, 0.29) is 29.9 Å². The minimum Gasteiger partial charge on any atom is -0.363 e. The van der Waals surface area contributed by atoms with Crippen molar-refractivity contribution in [3.63, 3.8) is 0 Å². The molecule has 2 fully saturated rings. The number of rotatable bonds is 7. The molecule has 2 N–H and O–H groups in total. The lowest BCUT2D eigenvalue weighted by Crippen LogP contribution is -2.54. The second-order valence-electron chi connectivity index (χ2n) is 8.83. The van der Waals surface area contributed by atoms with Gasteiger partial charge in [-0.2, -0.15) is 0 Å². The van der Waals surface area contributed by atoms with E-state index in [0.717, 1.165) is 68.2 Å². The van der Waals surface area contributed by atoms with Gasteiger partial charge in [-0.05, 0) is 37.5 Å². The molecule has 1 aromatic heterocycles. The largest absolute Gasteiger partial charge is 0.363 e. The number of hydrogen-bond acceptors (Lipinski definition) is 5. The number of halogens is 1. The zero-order valence-electron chi connectivity index (χ0n) is 19.9. The van der Waals surface area contributed by atoms with Gasteiger partial charge in [-0.25, -0.2) is 9.98 Å². The Morgan fingerprint density at radius 1 is 1.18 bits per heavy atom. The molecule has 2 aromatic rings. The number of carbonyl (C=O) groups excluding carboxylic acids is 1. The lowest BCUT2D eigenvalue weighted by atomic mass is 10.1. The lowest BCUT2D eigenvalue weighted by molar-refractivity contribution is -0.122. The fourth-order valence-corrected chi connectivity index (χ4v) is 4.00. The molecule has 2 heterocycles. The number of carbonyl (C=O) groups is 1. The molecular weight excluding hydrogens is 529 g/mol. The van der Waals surface area contributed by atoms with Crippen molar-refractivity contribution in [3.8, 4) is 0 Å². The van der Waals surface area contributed by atoms with E-state index < -0.39 is 0 Å². The number of aliphatic imine (C=N–C) groups is 1. The molecule has 33 heavy (non-hydrogen) atoms. The number of benzene rings is 1. The molecule has 0 radical (unpaired) electrons. The van der Waals surface area contributed by atoms with Crippen molar-refractivity contribution in [1.29, 1.82) is 0 Å². The maximum Gasteiger partial charge on any atom is 0.234 e. The Morgan fingerprint density at radius 3 is 2.58 bits per heavy atom. The van der Waals surface area contributed by atoms with E-state index >= 15 is 0 Å². The Bertz CT molecular complexity index is 968. The molecule has 8 nitrogen and oxygen atoms in total. The average Bonchev–Trinajstić information content (AvgIpc) is 3.60. The van der Waals surface area contributed by atoms with Gasteiger partial charge in [0.05, 0.1) is 18.6 Å². The number of fused-ring (bicyclic) bond motifs is 1. The molecule has 0 bridgehead atoms. The number of guanidine groups is 1. The van der Waals surface area contributed by atoms with E-state index in [1.165, 1.54) is 5.56 Å². The van der Waals surface area contributed by atoms with E-state index in [9.17, 15) is 4.79 Å². The molecule has 1 aromatic carbocycles. The predicted octanol–water partition coefficient (Wildman–Crippen LogP) is 2.28. The van der Waals surface area contributed by atoms with Crippen molar-refractivity contribution in [2.45, 2.75) is 32.4 Å². The quantitative estimate of drug-likeness (QED) is 0.305. The Balaban J connectivity index is 0.00000306. The molecule has 1 aliphatic carbocycles. The third-order valence-corrected chi connectivity index (χ3v) is 5.96. The highest BCUT2D eigenvalue weighted by Gasteiger charge is 2.26. The van der Waals surface area contributed by atoms with Crippen LogP contribution in [0, 0.1) is 0 Å². The van der Waals surface area contributed by atoms with Gasteiger partial charge < -0.3 is 20.4 Å². The number of hydrogen-bond donors (Lipinski definition) is 2. The van der Waals surface area contributed by atoms with Gasteiger partial charge in [0.1, 0.15) is 5.82 Å². The van der Waals surface area contributed by atoms with Gasteiger partial charge in [-0.15, -0.1) is 24.0 Å². The Kier molecular flexibility index (Phi) is 9.13. The van der Waals surface area contributed by atoms with Crippen LogP contribution in [-0.4, -0.2) is 86.1 Å². The van der Waals surface area contributed by atoms with Crippen LogP contribution in [0.25, 0.3) is 10.9 Å². The van der Waals surface area contributed by atoms with Gasteiger partial charge in [-0.3, -0.25) is 9.69 Å². The van der Waals surface area contributed by atoms with Crippen molar-refractivity contribution in [3.05, 3.63) is 35.9 Å². The highest BCUT2D eigenvalue weighted by Crippen LogP contribution is 2.23. The van der Waals surface area contributed by atoms with E-state index in [4.69, 9.17) is 9.98 Å². The number of pyridine rings is 1. The fourth-order valence-electron chi connectivity index (χ4n) is 4.00. The third kappa shape index (κ3) is 6.92. The highest BCUT2D eigenvalue weighted by molar-refractivity contribution is 14.0. The maximum absolute atomic E-state index is 12.1. The first kappa shape index (κ1) is 25.5. The van der Waals surface area contributed by atoms with E-state index in [1.54, 1.807) is 0 Å². The van der Waals surface area contributed by atoms with Gasteiger partial charge >= 0.3 is 0 Å². The number of nitrogens with one attached hydrogen (secondary N) is 2. The monoisotopic (exact) mass is 565 g/mol. The van der Waals surface area contributed by atoms with E-state index in [1.807, 2.05) is 25.1 Å². The third-order valence-electron chi connectivity index (χ3n) is 5.96. The highest BCUT2D eigenvalue weighted by atomic mass is 127. The molecule has 180 valence electrons. The maximum atomic E-state index is 12.1. The van der Waals surface area contributed by atoms with Crippen LogP contribution < -0.4 is 15.5 Å². The molecule has 0 unspecified atom stereocenters. The SMILES string of the molecule is CCNC(=NCc1cc(N(C)C)nc2ccccc12)N1CCN(CC(=O)NC2CC2)CC1.I. The lowest BCUT2D eigenvalue weighted by Gasteiger charge is -2.36. The molecular formula is C24H36IN7O. The van der Waals surface area contributed by atoms with Crippen LogP contribution >= 0.6 is 24.0 Å². The number of para-hydroxylation sites is 1. The van der Waals surface area contributed by atoms with Crippen LogP contribution in [0.1, 0.15) is 25.3 Å². The molecule has 1 saturated heterocycles. The Morgan fingerprint density at radius 2 is 1.91 bits per heavy atom. The molecule has 4 rings (SSSR count). The summed E-state index contributed by atoms with van der Waals surface area (Å²) in [7, 11) is 4.03. The topological polar surface area (TPSA) is 76.1 Å². The van der Waals surface area contributed by atoms with Crippen molar-refractivity contribution in [2.24, 2.45) is 4.99 Å². The zero-order chi connectivity index (χ0) is 22.5. The van der Waals surface area contributed by atoms with Gasteiger partial charge in [0.25, 0.3) is 0 Å². The first-order valence-corrected chi connectivity index (χ1v) is 11.6. The van der Waals surface area contributed by atoms with Crippen LogP contribution in [0.3, 0.4) is 0 Å². The van der Waals surface area contributed by atoms with Crippen molar-refractivity contribution in [2.75, 3.05) is 58.3 Å². The van der Waals surface area contributed by atoms with Crippen LogP contribution in [0.5, 0.6) is 0 Å². The van der Waals surface area contributed by atoms with Gasteiger partial charge in [0.2, 0.25) is 5.91 Å². The summed E-state index contributed by atoms with van der Waals surface area (Å²) < 4.78 is 0. The number of amides is 1. The normalized spacial score (nSPS) is 16.9. The summed E-state index contributed by atoms with van der Waals surface area (Å²) in [5.41, 5.74) is 2.16. The van der Waals surface area contributed by atoms with Gasteiger partial charge in [0, 0.05) is 58.2 Å². The smallest absolute Gasteiger partial charge is 0.234 e. The second-order valence-corrected chi connectivity index (χ2v) is 8.83. The zero-order valence-corrected chi connectivity index (χ0v) is 22.2. The first-order chi connectivity index (χ1) is 15.5. The van der Waals surface area contributed by atoms with E-state index in [0.29, 0.717) is 19.1 Å². The predicted molar refractivity (Wildman–Crippen MR) is 145 cm³/mol. The van der Waals surface area contributed by atoms with Crippen molar-refractivity contribution < 1.29 is 4.79 Å². The molecule has 1 aliphatic heterocycles. The van der Waals surface area contributed by atoms with Crippen LogP contribution in [0.15, 0.2) is 35.3 Å². The van der Waals surface area contributed by atoms with Crippen LogP contribution in [-0.2, 0) is 11.3 Å². The summed E-state index contributed by atoms with van der Waals surface area (Å²) in [6.45, 7) is 7.47.